The summed E-state index contributed by atoms with van der Waals surface area (Å²) in [6.07, 6.45) is 7.46. The maximum absolute atomic E-state index is 12.9. The number of nitrogens with zero attached hydrogens (tertiary/aromatic N) is 1. The Morgan fingerprint density at radius 2 is 2.08 bits per heavy atom. The molecule has 3 rings (SSSR count). The second kappa shape index (κ2) is 9.61. The summed E-state index contributed by atoms with van der Waals surface area (Å²) in [6.45, 7) is 9.71. The number of halogens is 2. The number of carbonyl (C=O) groups excluding carboxylic acids is 1. The highest BCUT2D eigenvalue weighted by Gasteiger charge is 2.49. The molecule has 4 atom stereocenters. The lowest BCUT2D eigenvalue weighted by Crippen LogP contribution is -2.52. The van der Waals surface area contributed by atoms with Crippen molar-refractivity contribution in [3.05, 3.63) is 0 Å². The minimum absolute atomic E-state index is 0. The molecule has 2 heterocycles. The van der Waals surface area contributed by atoms with Crippen LogP contribution in [0, 0.1) is 17.3 Å². The van der Waals surface area contributed by atoms with E-state index >= 15 is 0 Å². The maximum Gasteiger partial charge on any atom is 0.227 e. The Kier molecular flexibility index (Phi) is 8.81. The van der Waals surface area contributed by atoms with Crippen LogP contribution in [-0.4, -0.2) is 49.6 Å². The summed E-state index contributed by atoms with van der Waals surface area (Å²) in [5.74, 6) is 1.68. The second-order valence-corrected chi connectivity index (χ2v) is 8.03. The van der Waals surface area contributed by atoms with E-state index in [4.69, 9.17) is 0 Å². The van der Waals surface area contributed by atoms with Gasteiger partial charge in [0.15, 0.2) is 0 Å². The van der Waals surface area contributed by atoms with Crippen molar-refractivity contribution in [2.45, 2.75) is 58.4 Å². The molecule has 2 N–H and O–H groups in total. The average molecular weight is 380 g/mol. The van der Waals surface area contributed by atoms with Crippen LogP contribution in [0.25, 0.3) is 0 Å². The van der Waals surface area contributed by atoms with E-state index in [1.165, 1.54) is 45.2 Å². The Bertz CT molecular complexity index is 410. The zero-order chi connectivity index (χ0) is 15.6. The standard InChI is InChI=1S/C18H33N3O.2ClH/c1-14-6-5-9-21(12-14)15(2)10-20-17(22)18-8-4-3-7-16(18)11-19-13-18;;/h14-16,19H,3-13H2,1-2H3,(H,20,22);2*1H/t14?,15?,16-,18+;;/m0../s1. The van der Waals surface area contributed by atoms with Crippen LogP contribution in [0.2, 0.25) is 0 Å². The molecule has 0 aromatic heterocycles. The van der Waals surface area contributed by atoms with E-state index in [0.717, 1.165) is 32.0 Å². The molecule has 0 radical (unpaired) electrons. The van der Waals surface area contributed by atoms with Crippen molar-refractivity contribution in [2.75, 3.05) is 32.7 Å². The van der Waals surface area contributed by atoms with E-state index in [9.17, 15) is 4.79 Å². The van der Waals surface area contributed by atoms with E-state index in [-0.39, 0.29) is 30.2 Å². The van der Waals surface area contributed by atoms with Crippen LogP contribution in [0.5, 0.6) is 0 Å². The Morgan fingerprint density at radius 3 is 2.83 bits per heavy atom. The number of fused-ring (bicyclic) bond motifs is 1. The van der Waals surface area contributed by atoms with E-state index < -0.39 is 0 Å². The maximum atomic E-state index is 12.9. The molecule has 6 heteroatoms. The molecule has 0 aromatic rings. The number of rotatable bonds is 4. The number of piperidine rings is 1. The summed E-state index contributed by atoms with van der Waals surface area (Å²) in [4.78, 5) is 15.4. The van der Waals surface area contributed by atoms with Gasteiger partial charge in [0.1, 0.15) is 0 Å². The van der Waals surface area contributed by atoms with E-state index in [0.29, 0.717) is 17.9 Å². The number of nitrogens with one attached hydrogen (secondary N) is 2. The molecular formula is C18H35Cl2N3O. The van der Waals surface area contributed by atoms with Crippen molar-refractivity contribution >= 4 is 30.7 Å². The summed E-state index contributed by atoms with van der Waals surface area (Å²) in [6, 6.07) is 0.458. The summed E-state index contributed by atoms with van der Waals surface area (Å²) in [5.41, 5.74) is -0.104. The number of likely N-dealkylation sites (tertiary alicyclic amines) is 1. The van der Waals surface area contributed by atoms with Gasteiger partial charge in [0.25, 0.3) is 0 Å². The van der Waals surface area contributed by atoms with Crippen LogP contribution < -0.4 is 10.6 Å². The molecule has 0 bridgehead atoms. The van der Waals surface area contributed by atoms with Crippen LogP contribution in [0.15, 0.2) is 0 Å². The Hall–Kier alpha value is -0.0300. The zero-order valence-electron chi connectivity index (χ0n) is 15.2. The Morgan fingerprint density at radius 1 is 1.29 bits per heavy atom. The van der Waals surface area contributed by atoms with Crippen LogP contribution in [0.1, 0.15) is 52.4 Å². The lowest BCUT2D eigenvalue weighted by Gasteiger charge is -2.39. The highest BCUT2D eigenvalue weighted by molar-refractivity contribution is 5.85. The van der Waals surface area contributed by atoms with Crippen molar-refractivity contribution in [3.63, 3.8) is 0 Å². The molecule has 3 fully saturated rings. The SMILES string of the molecule is CC1CCCN(C(C)CNC(=O)[C@@]23CCCC[C@H]2CNC3)C1.Cl.Cl. The fourth-order valence-corrected chi connectivity index (χ4v) is 4.86. The quantitative estimate of drug-likeness (QED) is 0.788. The fraction of sp³-hybridized carbons (Fsp3) is 0.944. The normalized spacial score (nSPS) is 34.4. The molecule has 0 aromatic carbocycles. The molecule has 0 spiro atoms. The third-order valence-corrected chi connectivity index (χ3v) is 6.36. The molecule has 1 saturated carbocycles. The second-order valence-electron chi connectivity index (χ2n) is 8.03. The van der Waals surface area contributed by atoms with Gasteiger partial charge < -0.3 is 10.6 Å². The fourth-order valence-electron chi connectivity index (χ4n) is 4.86. The van der Waals surface area contributed by atoms with E-state index in [1.54, 1.807) is 0 Å². The van der Waals surface area contributed by atoms with Crippen molar-refractivity contribution in [1.29, 1.82) is 0 Å². The van der Waals surface area contributed by atoms with Crippen molar-refractivity contribution in [2.24, 2.45) is 17.3 Å². The zero-order valence-corrected chi connectivity index (χ0v) is 16.8. The van der Waals surface area contributed by atoms with Crippen LogP contribution in [0.4, 0.5) is 0 Å². The predicted molar refractivity (Wildman–Crippen MR) is 104 cm³/mol. The molecule has 4 nitrogen and oxygen atoms in total. The summed E-state index contributed by atoms with van der Waals surface area (Å²) in [7, 11) is 0. The van der Waals surface area contributed by atoms with Crippen molar-refractivity contribution in [3.8, 4) is 0 Å². The number of hydrogen-bond donors (Lipinski definition) is 2. The largest absolute Gasteiger partial charge is 0.354 e. The smallest absolute Gasteiger partial charge is 0.227 e. The summed E-state index contributed by atoms with van der Waals surface area (Å²) in [5, 5.41) is 6.78. The molecule has 2 unspecified atom stereocenters. The summed E-state index contributed by atoms with van der Waals surface area (Å²) >= 11 is 0. The highest BCUT2D eigenvalue weighted by Crippen LogP contribution is 2.43. The third-order valence-electron chi connectivity index (χ3n) is 6.36. The molecule has 2 saturated heterocycles. The van der Waals surface area contributed by atoms with Gasteiger partial charge in [0.05, 0.1) is 5.41 Å². The predicted octanol–water partition coefficient (Wildman–Crippen LogP) is 2.85. The first-order valence-electron chi connectivity index (χ1n) is 9.35. The highest BCUT2D eigenvalue weighted by atomic mass is 35.5. The van der Waals surface area contributed by atoms with Crippen molar-refractivity contribution in [1.82, 2.24) is 15.5 Å². The van der Waals surface area contributed by atoms with Gasteiger partial charge in [-0.1, -0.05) is 19.8 Å². The van der Waals surface area contributed by atoms with Crippen LogP contribution in [0.3, 0.4) is 0 Å². The molecule has 1 amide bonds. The Balaban J connectivity index is 0.00000144. The van der Waals surface area contributed by atoms with Crippen LogP contribution >= 0.6 is 24.8 Å². The minimum atomic E-state index is -0.104. The average Bonchev–Trinajstić information content (AvgIpc) is 2.97. The molecule has 2 aliphatic heterocycles. The van der Waals surface area contributed by atoms with Gasteiger partial charge >= 0.3 is 0 Å². The van der Waals surface area contributed by atoms with Crippen LogP contribution in [-0.2, 0) is 4.79 Å². The van der Waals surface area contributed by atoms with E-state index in [2.05, 4.69) is 29.4 Å². The molecule has 1 aliphatic carbocycles. The van der Waals surface area contributed by atoms with Gasteiger partial charge in [-0.05, 0) is 57.5 Å². The van der Waals surface area contributed by atoms with Gasteiger partial charge in [-0.15, -0.1) is 24.8 Å². The first-order chi connectivity index (χ1) is 10.6. The van der Waals surface area contributed by atoms with Gasteiger partial charge in [-0.25, -0.2) is 0 Å². The first-order valence-corrected chi connectivity index (χ1v) is 9.35. The molecule has 142 valence electrons. The monoisotopic (exact) mass is 379 g/mol. The number of hydrogen-bond acceptors (Lipinski definition) is 3. The van der Waals surface area contributed by atoms with Gasteiger partial charge in [-0.2, -0.15) is 0 Å². The lowest BCUT2D eigenvalue weighted by atomic mass is 9.67. The van der Waals surface area contributed by atoms with Crippen molar-refractivity contribution < 1.29 is 4.79 Å². The minimum Gasteiger partial charge on any atom is -0.354 e. The summed E-state index contributed by atoms with van der Waals surface area (Å²) < 4.78 is 0. The Labute approximate surface area is 159 Å². The number of carbonyl (C=O) groups is 1. The molecule has 3 aliphatic rings. The van der Waals surface area contributed by atoms with Gasteiger partial charge in [0, 0.05) is 25.7 Å². The number of amides is 1. The molecule has 24 heavy (non-hydrogen) atoms. The van der Waals surface area contributed by atoms with E-state index in [1.807, 2.05) is 0 Å². The third kappa shape index (κ3) is 4.57. The lowest BCUT2D eigenvalue weighted by molar-refractivity contribution is -0.134. The molecular weight excluding hydrogens is 345 g/mol. The first kappa shape index (κ1) is 22.0. The van der Waals surface area contributed by atoms with Gasteiger partial charge in [-0.3, -0.25) is 9.69 Å². The van der Waals surface area contributed by atoms with Gasteiger partial charge in [0.2, 0.25) is 5.91 Å². The topological polar surface area (TPSA) is 44.4 Å².